The molecule has 0 saturated heterocycles. The molecule has 2 aliphatic heterocycles. The van der Waals surface area contributed by atoms with Crippen molar-refractivity contribution in [3.05, 3.63) is 126 Å². The largest absolute Gasteiger partial charge is 0.462 e. The van der Waals surface area contributed by atoms with Gasteiger partial charge in [-0.25, -0.2) is 19.6 Å². The van der Waals surface area contributed by atoms with E-state index in [2.05, 4.69) is 20.6 Å². The molecule has 1 atom stereocenters. The number of hydrogen-bond donors (Lipinski definition) is 3. The Hall–Kier alpha value is -5.76. The lowest BCUT2D eigenvalue weighted by Crippen LogP contribution is -2.30. The van der Waals surface area contributed by atoms with Crippen LogP contribution in [0.25, 0.3) is 33.4 Å². The van der Waals surface area contributed by atoms with Gasteiger partial charge in [-0.2, -0.15) is 0 Å². The third kappa shape index (κ3) is 5.74. The van der Waals surface area contributed by atoms with Gasteiger partial charge in [-0.1, -0.05) is 59.6 Å². The van der Waals surface area contributed by atoms with Gasteiger partial charge in [0.05, 0.1) is 35.4 Å². The minimum Gasteiger partial charge on any atom is -0.462 e. The number of aliphatic hydroxyl groups is 1. The average Bonchev–Trinajstić information content (AvgIpc) is 3.12. The normalized spacial score (nSPS) is 13.7. The zero-order valence-electron chi connectivity index (χ0n) is 27.1. The first-order chi connectivity index (χ1) is 24.6. The summed E-state index contributed by atoms with van der Waals surface area (Å²) in [7, 11) is 0. The number of fused-ring (bicyclic) bond motifs is 10. The Balaban J connectivity index is 0.000000159. The molecule has 2 aromatic carbocycles. The van der Waals surface area contributed by atoms with E-state index in [9.17, 15) is 24.3 Å². The second-order valence-electron chi connectivity index (χ2n) is 11.3. The summed E-state index contributed by atoms with van der Waals surface area (Å²) in [5.74, 6) is -0.913. The molecule has 0 radical (unpaired) electrons. The number of nitrogens with one attached hydrogen (secondary N) is 2. The molecular weight excluding hydrogens is 699 g/mol. The molecule has 258 valence electrons. The number of carbonyl (C=O) groups is 2. The predicted molar refractivity (Wildman–Crippen MR) is 193 cm³/mol. The van der Waals surface area contributed by atoms with Crippen molar-refractivity contribution in [1.82, 2.24) is 19.1 Å². The molecule has 15 heteroatoms. The second-order valence-corrected chi connectivity index (χ2v) is 12.1. The number of esters is 2. The molecule has 0 fully saturated rings. The fourth-order valence-electron chi connectivity index (χ4n) is 6.21. The minimum atomic E-state index is -1.09. The van der Waals surface area contributed by atoms with E-state index in [1.165, 1.54) is 18.2 Å². The fourth-order valence-corrected chi connectivity index (χ4v) is 6.50. The van der Waals surface area contributed by atoms with Crippen LogP contribution in [0.3, 0.4) is 0 Å². The van der Waals surface area contributed by atoms with Crippen LogP contribution < -0.4 is 21.5 Å². The van der Waals surface area contributed by atoms with Gasteiger partial charge in [-0.05, 0) is 55.8 Å². The van der Waals surface area contributed by atoms with Crippen molar-refractivity contribution in [3.63, 3.8) is 0 Å². The number of carbonyl (C=O) groups excluding carboxylic acids is 2. The smallest absolute Gasteiger partial charge is 0.345 e. The molecule has 51 heavy (non-hydrogen) atoms. The van der Waals surface area contributed by atoms with Gasteiger partial charge in [-0.15, -0.1) is 0 Å². The Labute approximate surface area is 299 Å². The Kier molecular flexibility index (Phi) is 8.93. The van der Waals surface area contributed by atoms with Gasteiger partial charge in [0.2, 0.25) is 10.9 Å². The number of aromatic nitrogens is 4. The highest BCUT2D eigenvalue weighted by Gasteiger charge is 2.32. The fraction of sp³-hybridized carbons (Fsp3) is 0.167. The summed E-state index contributed by atoms with van der Waals surface area (Å²) >= 11 is 12.1. The summed E-state index contributed by atoms with van der Waals surface area (Å²) in [5, 5.41) is 17.4. The molecule has 0 bridgehead atoms. The Morgan fingerprint density at radius 3 is 1.86 bits per heavy atom. The average molecular weight is 728 g/mol. The van der Waals surface area contributed by atoms with Crippen LogP contribution in [0.5, 0.6) is 0 Å². The van der Waals surface area contributed by atoms with E-state index in [0.717, 1.165) is 11.3 Å². The van der Waals surface area contributed by atoms with Gasteiger partial charge in [0, 0.05) is 12.1 Å². The lowest BCUT2D eigenvalue weighted by Gasteiger charge is -2.30. The highest BCUT2D eigenvalue weighted by atomic mass is 35.5. The summed E-state index contributed by atoms with van der Waals surface area (Å²) in [6, 6.07) is 20.9. The number of anilines is 2. The molecule has 0 amide bonds. The van der Waals surface area contributed by atoms with Crippen molar-refractivity contribution in [2.75, 3.05) is 23.8 Å². The molecule has 0 saturated carbocycles. The molecule has 1 unspecified atom stereocenters. The van der Waals surface area contributed by atoms with E-state index in [1.54, 1.807) is 53.3 Å². The van der Waals surface area contributed by atoms with E-state index in [1.807, 2.05) is 24.3 Å². The Morgan fingerprint density at radius 1 is 0.765 bits per heavy atom. The molecule has 2 aliphatic rings. The van der Waals surface area contributed by atoms with Crippen LogP contribution in [-0.2, 0) is 16.0 Å². The van der Waals surface area contributed by atoms with Gasteiger partial charge in [0.15, 0.2) is 17.5 Å². The van der Waals surface area contributed by atoms with Gasteiger partial charge in [0.25, 0.3) is 0 Å². The number of nitrogens with zero attached hydrogens (tertiary/aromatic N) is 4. The maximum absolute atomic E-state index is 12.9. The zero-order chi connectivity index (χ0) is 36.0. The van der Waals surface area contributed by atoms with Gasteiger partial charge < -0.3 is 25.2 Å². The van der Waals surface area contributed by atoms with E-state index < -0.39 is 29.0 Å². The standard InChI is InChI=1S/C18H14ClN3O4.C18H14ClN3O3/c1-2-26-18(25)13-14(23)10-7-8-12(19)20-15(10)22-11-6-4-3-5-9(11)17(24)21-16(13)22;1-2-25-18(24)14-15(23)11-7-8-13(19)21-16(11)22-12-6-4-3-5-10(12)9-20-17(14)22/h3-8,17,21,24H,2H2,1H3;3-8,20H,2,9H2,1H3. The minimum absolute atomic E-state index is 0.0204. The van der Waals surface area contributed by atoms with Gasteiger partial charge in [-0.3, -0.25) is 18.7 Å². The van der Waals surface area contributed by atoms with E-state index in [4.69, 9.17) is 32.7 Å². The lowest BCUT2D eigenvalue weighted by molar-refractivity contribution is 0.0515. The van der Waals surface area contributed by atoms with Crippen LogP contribution in [0.4, 0.5) is 11.6 Å². The third-order valence-corrected chi connectivity index (χ3v) is 8.77. The summed E-state index contributed by atoms with van der Waals surface area (Å²) in [5.41, 5.74) is 2.59. The number of hydrogen-bond acceptors (Lipinski definition) is 11. The first kappa shape index (κ1) is 33.7. The van der Waals surface area contributed by atoms with Gasteiger partial charge >= 0.3 is 11.9 Å². The summed E-state index contributed by atoms with van der Waals surface area (Å²) in [6.45, 7) is 4.15. The van der Waals surface area contributed by atoms with Crippen LogP contribution in [0.15, 0.2) is 82.4 Å². The van der Waals surface area contributed by atoms with Crippen molar-refractivity contribution in [3.8, 4) is 11.4 Å². The number of pyridine rings is 4. The van der Waals surface area contributed by atoms with Crippen molar-refractivity contribution >= 4 is 68.8 Å². The van der Waals surface area contributed by atoms with Gasteiger partial charge in [0.1, 0.15) is 33.1 Å². The monoisotopic (exact) mass is 726 g/mol. The highest BCUT2D eigenvalue weighted by molar-refractivity contribution is 6.30. The molecule has 0 aliphatic carbocycles. The van der Waals surface area contributed by atoms with Crippen molar-refractivity contribution in [2.45, 2.75) is 26.6 Å². The topological polar surface area (TPSA) is 167 Å². The SMILES string of the molecule is CCOC(=O)c1c2n(c3nc(Cl)ccc3c1=O)-c1ccccc1C(O)N2.CCOC(=O)c1c2n(c3nc(Cl)ccc3c1=O)-c1ccccc1CN2. The molecule has 8 rings (SSSR count). The number of ether oxygens (including phenoxy) is 2. The van der Waals surface area contributed by atoms with E-state index in [-0.39, 0.29) is 51.5 Å². The summed E-state index contributed by atoms with van der Waals surface area (Å²) in [4.78, 5) is 59.3. The quantitative estimate of drug-likeness (QED) is 0.149. The maximum atomic E-state index is 12.9. The number of benzene rings is 2. The molecule has 6 aromatic rings. The maximum Gasteiger partial charge on any atom is 0.345 e. The second kappa shape index (κ2) is 13.5. The van der Waals surface area contributed by atoms with Crippen LogP contribution in [-0.4, -0.2) is 49.4 Å². The molecule has 4 aromatic heterocycles. The molecule has 3 N–H and O–H groups in total. The van der Waals surface area contributed by atoms with E-state index in [0.29, 0.717) is 34.6 Å². The third-order valence-electron chi connectivity index (χ3n) is 8.35. The van der Waals surface area contributed by atoms with Crippen LogP contribution in [0, 0.1) is 0 Å². The van der Waals surface area contributed by atoms with E-state index >= 15 is 0 Å². The predicted octanol–water partition coefficient (Wildman–Crippen LogP) is 5.77. The van der Waals surface area contributed by atoms with Crippen LogP contribution >= 0.6 is 23.2 Å². The number of para-hydroxylation sites is 2. The number of rotatable bonds is 4. The first-order valence-corrected chi connectivity index (χ1v) is 16.6. The van der Waals surface area contributed by atoms with Crippen molar-refractivity contribution in [1.29, 1.82) is 0 Å². The number of aliphatic hydroxyl groups excluding tert-OH is 1. The van der Waals surface area contributed by atoms with Crippen LogP contribution in [0.2, 0.25) is 10.3 Å². The Bertz CT molecular complexity index is 2530. The summed E-state index contributed by atoms with van der Waals surface area (Å²) in [6.07, 6.45) is -1.09. The molecule has 13 nitrogen and oxygen atoms in total. The van der Waals surface area contributed by atoms with Crippen LogP contribution in [0.1, 0.15) is 51.9 Å². The Morgan fingerprint density at radius 2 is 1.27 bits per heavy atom. The van der Waals surface area contributed by atoms with Crippen molar-refractivity contribution in [2.24, 2.45) is 0 Å². The molecular formula is C36H28Cl2N6O7. The first-order valence-electron chi connectivity index (χ1n) is 15.8. The molecule has 6 heterocycles. The lowest BCUT2D eigenvalue weighted by atomic mass is 10.1. The number of halogens is 2. The molecule has 0 spiro atoms. The summed E-state index contributed by atoms with van der Waals surface area (Å²) < 4.78 is 13.5. The van der Waals surface area contributed by atoms with Crippen molar-refractivity contribution < 1.29 is 24.2 Å². The zero-order valence-corrected chi connectivity index (χ0v) is 28.6. The highest BCUT2D eigenvalue weighted by Crippen LogP contribution is 2.36.